The Balaban J connectivity index is 2.14. The van der Waals surface area contributed by atoms with Crippen molar-refractivity contribution in [3.8, 4) is 0 Å². The number of aromatic amines is 1. The number of hydrogen-bond acceptors (Lipinski definition) is 2. The van der Waals surface area contributed by atoms with Crippen LogP contribution in [0.2, 0.25) is 0 Å². The van der Waals surface area contributed by atoms with Gasteiger partial charge in [0, 0.05) is 4.83 Å². The molecule has 1 unspecified atom stereocenters. The third-order valence-electron chi connectivity index (χ3n) is 2.87. The standard InChI is InChI=1S/C13H16BrNO2/c1-2-3-4-5-10(14)9-6-7-11-12(8-9)17-13(16)15-11/h6-8,10H,2-5H2,1H3,(H,15,16). The number of fused-ring (bicyclic) bond motifs is 1. The van der Waals surface area contributed by atoms with Crippen LogP contribution in [0.15, 0.2) is 27.4 Å². The minimum atomic E-state index is -0.394. The Kier molecular flexibility index (Phi) is 4.05. The molecule has 0 amide bonds. The molecule has 92 valence electrons. The maximum Gasteiger partial charge on any atom is 0.417 e. The first-order chi connectivity index (χ1) is 8.20. The third-order valence-corrected chi connectivity index (χ3v) is 3.85. The van der Waals surface area contributed by atoms with Gasteiger partial charge in [-0.3, -0.25) is 4.98 Å². The summed E-state index contributed by atoms with van der Waals surface area (Å²) >= 11 is 3.68. The summed E-state index contributed by atoms with van der Waals surface area (Å²) in [7, 11) is 0. The minimum absolute atomic E-state index is 0.332. The van der Waals surface area contributed by atoms with Crippen LogP contribution < -0.4 is 5.76 Å². The quantitative estimate of drug-likeness (QED) is 0.666. The van der Waals surface area contributed by atoms with Crippen molar-refractivity contribution in [2.45, 2.75) is 37.4 Å². The molecule has 1 aromatic heterocycles. The van der Waals surface area contributed by atoms with Crippen molar-refractivity contribution < 1.29 is 4.42 Å². The maximum atomic E-state index is 11.0. The normalized spacial score (nSPS) is 13.1. The highest BCUT2D eigenvalue weighted by atomic mass is 79.9. The molecular formula is C13H16BrNO2. The van der Waals surface area contributed by atoms with E-state index in [9.17, 15) is 4.79 Å². The number of H-pyrrole nitrogens is 1. The first-order valence-corrected chi connectivity index (χ1v) is 6.89. The van der Waals surface area contributed by atoms with Gasteiger partial charge in [0.25, 0.3) is 0 Å². The van der Waals surface area contributed by atoms with Crippen molar-refractivity contribution in [1.29, 1.82) is 0 Å². The fourth-order valence-electron chi connectivity index (χ4n) is 1.90. The Hall–Kier alpha value is -1.03. The van der Waals surface area contributed by atoms with Crippen LogP contribution in [0.3, 0.4) is 0 Å². The predicted octanol–water partition coefficient (Wildman–Crippen LogP) is 4.14. The van der Waals surface area contributed by atoms with Gasteiger partial charge in [-0.25, -0.2) is 4.79 Å². The Morgan fingerprint density at radius 1 is 1.41 bits per heavy atom. The van der Waals surface area contributed by atoms with Crippen LogP contribution in [0.25, 0.3) is 11.1 Å². The van der Waals surface area contributed by atoms with Gasteiger partial charge in [0.1, 0.15) is 0 Å². The lowest BCUT2D eigenvalue weighted by atomic mass is 10.1. The number of aromatic nitrogens is 1. The molecule has 1 N–H and O–H groups in total. The van der Waals surface area contributed by atoms with Gasteiger partial charge in [0.15, 0.2) is 5.58 Å². The molecule has 4 heteroatoms. The van der Waals surface area contributed by atoms with Gasteiger partial charge in [0.05, 0.1) is 5.52 Å². The number of oxazole rings is 1. The maximum absolute atomic E-state index is 11.0. The highest BCUT2D eigenvalue weighted by Gasteiger charge is 2.09. The van der Waals surface area contributed by atoms with Crippen LogP contribution in [-0.4, -0.2) is 4.98 Å². The fourth-order valence-corrected chi connectivity index (χ4v) is 2.51. The number of unbranched alkanes of at least 4 members (excludes halogenated alkanes) is 2. The SMILES string of the molecule is CCCCCC(Br)c1ccc2[nH]c(=O)oc2c1. The van der Waals surface area contributed by atoms with E-state index in [0.717, 1.165) is 17.5 Å². The Labute approximate surface area is 108 Å². The lowest BCUT2D eigenvalue weighted by Gasteiger charge is -2.09. The summed E-state index contributed by atoms with van der Waals surface area (Å²) in [6.45, 7) is 2.20. The van der Waals surface area contributed by atoms with Gasteiger partial charge in [-0.05, 0) is 24.1 Å². The third kappa shape index (κ3) is 3.00. The predicted molar refractivity (Wildman–Crippen MR) is 72.6 cm³/mol. The second kappa shape index (κ2) is 5.54. The van der Waals surface area contributed by atoms with E-state index in [1.807, 2.05) is 18.2 Å². The molecule has 1 atom stereocenters. The van der Waals surface area contributed by atoms with Gasteiger partial charge >= 0.3 is 5.76 Å². The van der Waals surface area contributed by atoms with Crippen molar-refractivity contribution in [3.63, 3.8) is 0 Å². The average molecular weight is 298 g/mol. The van der Waals surface area contributed by atoms with E-state index in [1.54, 1.807) is 0 Å². The highest BCUT2D eigenvalue weighted by Crippen LogP contribution is 2.30. The molecule has 0 fully saturated rings. The number of rotatable bonds is 5. The van der Waals surface area contributed by atoms with Crippen molar-refractivity contribution in [3.05, 3.63) is 34.3 Å². The summed E-state index contributed by atoms with van der Waals surface area (Å²) in [6.07, 6.45) is 4.80. The average Bonchev–Trinajstić information content (AvgIpc) is 2.68. The monoisotopic (exact) mass is 297 g/mol. The molecule has 1 heterocycles. The van der Waals surface area contributed by atoms with Crippen LogP contribution >= 0.6 is 15.9 Å². The van der Waals surface area contributed by atoms with E-state index in [2.05, 4.69) is 27.8 Å². The number of alkyl halides is 1. The minimum Gasteiger partial charge on any atom is -0.408 e. The molecule has 2 aromatic rings. The lowest BCUT2D eigenvalue weighted by molar-refractivity contribution is 0.555. The number of hydrogen-bond donors (Lipinski definition) is 1. The Morgan fingerprint density at radius 2 is 2.24 bits per heavy atom. The summed E-state index contributed by atoms with van der Waals surface area (Å²) in [6, 6.07) is 5.85. The zero-order chi connectivity index (χ0) is 12.3. The largest absolute Gasteiger partial charge is 0.417 e. The summed E-state index contributed by atoms with van der Waals surface area (Å²) in [5, 5.41) is 0. The molecule has 0 aliphatic heterocycles. The fraction of sp³-hybridized carbons (Fsp3) is 0.462. The van der Waals surface area contributed by atoms with E-state index in [-0.39, 0.29) is 0 Å². The molecule has 0 radical (unpaired) electrons. The smallest absolute Gasteiger partial charge is 0.408 e. The summed E-state index contributed by atoms with van der Waals surface area (Å²) in [4.78, 5) is 14.0. The van der Waals surface area contributed by atoms with Crippen molar-refractivity contribution in [2.24, 2.45) is 0 Å². The van der Waals surface area contributed by atoms with Crippen LogP contribution in [-0.2, 0) is 0 Å². The lowest BCUT2D eigenvalue weighted by Crippen LogP contribution is -1.92. The molecule has 3 nitrogen and oxygen atoms in total. The topological polar surface area (TPSA) is 46.0 Å². The zero-order valence-corrected chi connectivity index (χ0v) is 11.4. The first kappa shape index (κ1) is 12.4. The van der Waals surface area contributed by atoms with Crippen molar-refractivity contribution in [2.75, 3.05) is 0 Å². The molecule has 0 aliphatic rings. The van der Waals surface area contributed by atoms with Crippen LogP contribution in [0, 0.1) is 0 Å². The van der Waals surface area contributed by atoms with Gasteiger partial charge < -0.3 is 4.42 Å². The molecule has 1 aromatic carbocycles. The Bertz CT molecular complexity index is 544. The number of nitrogens with one attached hydrogen (secondary N) is 1. The van der Waals surface area contributed by atoms with E-state index < -0.39 is 5.76 Å². The highest BCUT2D eigenvalue weighted by molar-refractivity contribution is 9.09. The first-order valence-electron chi connectivity index (χ1n) is 5.97. The van der Waals surface area contributed by atoms with Gasteiger partial charge in [-0.2, -0.15) is 0 Å². The Morgan fingerprint density at radius 3 is 3.00 bits per heavy atom. The van der Waals surface area contributed by atoms with E-state index in [0.29, 0.717) is 10.4 Å². The van der Waals surface area contributed by atoms with Gasteiger partial charge in [-0.15, -0.1) is 0 Å². The molecule has 0 bridgehead atoms. The second-order valence-electron chi connectivity index (χ2n) is 4.23. The van der Waals surface area contributed by atoms with Crippen molar-refractivity contribution in [1.82, 2.24) is 4.98 Å². The molecule has 0 saturated carbocycles. The van der Waals surface area contributed by atoms with E-state index >= 15 is 0 Å². The van der Waals surface area contributed by atoms with E-state index in [1.165, 1.54) is 19.3 Å². The zero-order valence-electron chi connectivity index (χ0n) is 9.83. The van der Waals surface area contributed by atoms with Crippen molar-refractivity contribution >= 4 is 27.0 Å². The van der Waals surface area contributed by atoms with Crippen LogP contribution in [0.4, 0.5) is 0 Å². The molecule has 0 saturated heterocycles. The molecule has 17 heavy (non-hydrogen) atoms. The van der Waals surface area contributed by atoms with Crippen LogP contribution in [0.1, 0.15) is 43.0 Å². The van der Waals surface area contributed by atoms with Gasteiger partial charge in [0.2, 0.25) is 0 Å². The summed E-state index contributed by atoms with van der Waals surface area (Å²) in [5.41, 5.74) is 2.55. The summed E-state index contributed by atoms with van der Waals surface area (Å²) < 4.78 is 5.05. The number of halogens is 1. The molecule has 0 spiro atoms. The number of benzene rings is 1. The van der Waals surface area contributed by atoms with E-state index in [4.69, 9.17) is 4.42 Å². The van der Waals surface area contributed by atoms with Gasteiger partial charge in [-0.1, -0.05) is 48.2 Å². The molecule has 2 rings (SSSR count). The summed E-state index contributed by atoms with van der Waals surface area (Å²) in [5.74, 6) is -0.394. The molecular weight excluding hydrogens is 282 g/mol. The molecule has 0 aliphatic carbocycles. The second-order valence-corrected chi connectivity index (χ2v) is 5.34. The van der Waals surface area contributed by atoms with Crippen LogP contribution in [0.5, 0.6) is 0 Å².